The number of piperidine rings is 1. The highest BCUT2D eigenvalue weighted by Gasteiger charge is 2.38. The first-order valence-corrected chi connectivity index (χ1v) is 9.04. The van der Waals surface area contributed by atoms with Gasteiger partial charge in [0.2, 0.25) is 5.89 Å². The number of likely N-dealkylation sites (tertiary alicyclic amines) is 1. The van der Waals surface area contributed by atoms with E-state index in [1.54, 1.807) is 4.68 Å². The van der Waals surface area contributed by atoms with Crippen LogP contribution in [0.25, 0.3) is 0 Å². The Balaban J connectivity index is 1.66. The Kier molecular flexibility index (Phi) is 5.19. The molecule has 8 heteroatoms. The number of nitrogens with zero attached hydrogens (tertiary/aromatic N) is 6. The van der Waals surface area contributed by atoms with E-state index in [1.807, 2.05) is 20.0 Å². The van der Waals surface area contributed by atoms with Crippen molar-refractivity contribution in [3.05, 3.63) is 23.6 Å². The number of rotatable bonds is 6. The Morgan fingerprint density at radius 2 is 2.12 bits per heavy atom. The molecular weight excluding hydrogens is 320 g/mol. The molecule has 1 aliphatic rings. The second kappa shape index (κ2) is 7.21. The molecule has 0 unspecified atom stereocenters. The third-order valence-electron chi connectivity index (χ3n) is 4.53. The number of aromatic nitrogens is 5. The standard InChI is InChI=1S/C17H28N6O2/c1-12(2)8-15-18-16(25-20-15)10-22-7-5-6-17(24,11-22)14-9-23(13(3)4)21-19-14/h9,12-13,24H,5-8,10-11H2,1-4H3/t17-/m1/s1. The van der Waals surface area contributed by atoms with Crippen LogP contribution in [-0.4, -0.2) is 48.2 Å². The Bertz CT molecular complexity index is 695. The van der Waals surface area contributed by atoms with Crippen molar-refractivity contribution >= 4 is 0 Å². The molecule has 1 fully saturated rings. The number of hydrogen-bond acceptors (Lipinski definition) is 7. The van der Waals surface area contributed by atoms with Gasteiger partial charge in [-0.3, -0.25) is 4.90 Å². The molecule has 2 aromatic heterocycles. The molecule has 25 heavy (non-hydrogen) atoms. The van der Waals surface area contributed by atoms with Gasteiger partial charge in [-0.05, 0) is 39.2 Å². The predicted molar refractivity (Wildman–Crippen MR) is 91.7 cm³/mol. The maximum Gasteiger partial charge on any atom is 0.240 e. The summed E-state index contributed by atoms with van der Waals surface area (Å²) in [5.41, 5.74) is -0.344. The molecule has 0 radical (unpaired) electrons. The van der Waals surface area contributed by atoms with E-state index in [4.69, 9.17) is 4.52 Å². The maximum absolute atomic E-state index is 11.1. The van der Waals surface area contributed by atoms with Crippen molar-refractivity contribution < 1.29 is 9.63 Å². The Labute approximate surface area is 148 Å². The van der Waals surface area contributed by atoms with Crippen molar-refractivity contribution in [2.75, 3.05) is 13.1 Å². The van der Waals surface area contributed by atoms with Crippen LogP contribution in [0.5, 0.6) is 0 Å². The predicted octanol–water partition coefficient (Wildman–Crippen LogP) is 1.92. The fraction of sp³-hybridized carbons (Fsp3) is 0.765. The van der Waals surface area contributed by atoms with Gasteiger partial charge in [0.15, 0.2) is 5.82 Å². The lowest BCUT2D eigenvalue weighted by atomic mass is 9.90. The van der Waals surface area contributed by atoms with Crippen LogP contribution in [0.1, 0.15) is 64.0 Å². The SMILES string of the molecule is CC(C)Cc1noc(CN2CCC[C@](O)(c3cn(C(C)C)nn3)C2)n1. The molecule has 1 N–H and O–H groups in total. The molecule has 1 atom stereocenters. The van der Waals surface area contributed by atoms with E-state index < -0.39 is 5.60 Å². The van der Waals surface area contributed by atoms with E-state index in [1.165, 1.54) is 0 Å². The van der Waals surface area contributed by atoms with Crippen LogP contribution in [0.15, 0.2) is 10.7 Å². The van der Waals surface area contributed by atoms with Gasteiger partial charge in [-0.1, -0.05) is 24.2 Å². The quantitative estimate of drug-likeness (QED) is 0.852. The highest BCUT2D eigenvalue weighted by Crippen LogP contribution is 2.31. The van der Waals surface area contributed by atoms with E-state index >= 15 is 0 Å². The smallest absolute Gasteiger partial charge is 0.240 e. The summed E-state index contributed by atoms with van der Waals surface area (Å²) in [7, 11) is 0. The van der Waals surface area contributed by atoms with Crippen molar-refractivity contribution in [2.24, 2.45) is 5.92 Å². The van der Waals surface area contributed by atoms with Gasteiger partial charge >= 0.3 is 0 Å². The molecule has 0 amide bonds. The molecule has 2 aromatic rings. The van der Waals surface area contributed by atoms with Crippen molar-refractivity contribution in [2.45, 2.75) is 65.1 Å². The summed E-state index contributed by atoms with van der Waals surface area (Å²) in [5, 5.41) is 23.4. The summed E-state index contributed by atoms with van der Waals surface area (Å²) in [6, 6.07) is 0.224. The molecule has 8 nitrogen and oxygen atoms in total. The van der Waals surface area contributed by atoms with Gasteiger partial charge in [0, 0.05) is 19.0 Å². The van der Waals surface area contributed by atoms with Crippen LogP contribution in [-0.2, 0) is 18.6 Å². The zero-order chi connectivity index (χ0) is 18.0. The number of aliphatic hydroxyl groups is 1. The van der Waals surface area contributed by atoms with Crippen molar-refractivity contribution in [3.63, 3.8) is 0 Å². The lowest BCUT2D eigenvalue weighted by molar-refractivity contribution is -0.0436. The first-order chi connectivity index (χ1) is 11.9. The van der Waals surface area contributed by atoms with E-state index in [2.05, 4.69) is 39.2 Å². The van der Waals surface area contributed by atoms with Crippen LogP contribution >= 0.6 is 0 Å². The highest BCUT2D eigenvalue weighted by atomic mass is 16.5. The molecule has 1 aliphatic heterocycles. The molecule has 0 aliphatic carbocycles. The summed E-state index contributed by atoms with van der Waals surface area (Å²) in [6.07, 6.45) is 4.23. The lowest BCUT2D eigenvalue weighted by Gasteiger charge is -2.37. The summed E-state index contributed by atoms with van der Waals surface area (Å²) in [5.74, 6) is 1.84. The molecule has 1 saturated heterocycles. The van der Waals surface area contributed by atoms with E-state index in [9.17, 15) is 5.11 Å². The molecular formula is C17H28N6O2. The molecule has 0 aromatic carbocycles. The van der Waals surface area contributed by atoms with Crippen LogP contribution in [0.4, 0.5) is 0 Å². The van der Waals surface area contributed by atoms with Crippen LogP contribution < -0.4 is 0 Å². The van der Waals surface area contributed by atoms with E-state index in [0.717, 1.165) is 25.2 Å². The van der Waals surface area contributed by atoms with Gasteiger partial charge in [-0.15, -0.1) is 5.10 Å². The average Bonchev–Trinajstić information content (AvgIpc) is 3.16. The third kappa shape index (κ3) is 4.24. The molecule has 3 rings (SSSR count). The van der Waals surface area contributed by atoms with Crippen LogP contribution in [0, 0.1) is 5.92 Å². The summed E-state index contributed by atoms with van der Waals surface area (Å²) in [4.78, 5) is 6.60. The number of hydrogen-bond donors (Lipinski definition) is 1. The van der Waals surface area contributed by atoms with Crippen LogP contribution in [0.2, 0.25) is 0 Å². The van der Waals surface area contributed by atoms with Gasteiger partial charge in [0.05, 0.1) is 12.7 Å². The second-order valence-electron chi connectivity index (χ2n) is 7.73. The molecule has 138 valence electrons. The largest absolute Gasteiger partial charge is 0.382 e. The fourth-order valence-electron chi connectivity index (χ4n) is 3.20. The summed E-state index contributed by atoms with van der Waals surface area (Å²) in [6.45, 7) is 10.3. The normalized spacial score (nSPS) is 22.2. The first-order valence-electron chi connectivity index (χ1n) is 9.04. The van der Waals surface area contributed by atoms with Crippen molar-refractivity contribution in [3.8, 4) is 0 Å². The molecule has 0 saturated carbocycles. The molecule has 3 heterocycles. The minimum Gasteiger partial charge on any atom is -0.382 e. The molecule has 0 spiro atoms. The lowest BCUT2D eigenvalue weighted by Crippen LogP contribution is -2.46. The average molecular weight is 348 g/mol. The van der Waals surface area contributed by atoms with E-state index in [-0.39, 0.29) is 6.04 Å². The van der Waals surface area contributed by atoms with Crippen molar-refractivity contribution in [1.82, 2.24) is 30.0 Å². The topological polar surface area (TPSA) is 93.1 Å². The molecule has 0 bridgehead atoms. The minimum atomic E-state index is -0.980. The summed E-state index contributed by atoms with van der Waals surface area (Å²) >= 11 is 0. The first kappa shape index (κ1) is 18.0. The second-order valence-corrected chi connectivity index (χ2v) is 7.73. The number of β-amino-alcohol motifs (C(OH)–C–C–N with tert-alkyl or cyclic N) is 1. The maximum atomic E-state index is 11.1. The Morgan fingerprint density at radius 1 is 1.32 bits per heavy atom. The highest BCUT2D eigenvalue weighted by molar-refractivity contribution is 5.10. The fourth-order valence-corrected chi connectivity index (χ4v) is 3.20. The van der Waals surface area contributed by atoms with Gasteiger partial charge in [0.1, 0.15) is 11.3 Å². The zero-order valence-electron chi connectivity index (χ0n) is 15.5. The summed E-state index contributed by atoms with van der Waals surface area (Å²) < 4.78 is 7.14. The third-order valence-corrected chi connectivity index (χ3v) is 4.53. The van der Waals surface area contributed by atoms with Crippen molar-refractivity contribution in [1.29, 1.82) is 0 Å². The Morgan fingerprint density at radius 3 is 2.80 bits per heavy atom. The Hall–Kier alpha value is -1.80. The van der Waals surface area contributed by atoms with Gasteiger partial charge < -0.3 is 9.63 Å². The zero-order valence-corrected chi connectivity index (χ0v) is 15.5. The monoisotopic (exact) mass is 348 g/mol. The van der Waals surface area contributed by atoms with Gasteiger partial charge in [-0.2, -0.15) is 4.98 Å². The minimum absolute atomic E-state index is 0.224. The van der Waals surface area contributed by atoms with Gasteiger partial charge in [-0.25, -0.2) is 4.68 Å². The van der Waals surface area contributed by atoms with Gasteiger partial charge in [0.25, 0.3) is 0 Å². The van der Waals surface area contributed by atoms with E-state index in [0.29, 0.717) is 37.0 Å². The van der Waals surface area contributed by atoms with Crippen LogP contribution in [0.3, 0.4) is 0 Å².